The Hall–Kier alpha value is -2.04. The number of hydrogen-bond acceptors (Lipinski definition) is 9. The molecule has 12 heteroatoms. The zero-order valence-electron chi connectivity index (χ0n) is 29.4. The van der Waals surface area contributed by atoms with E-state index in [1.165, 1.54) is 0 Å². The molecule has 0 radical (unpaired) electrons. The van der Waals surface area contributed by atoms with Gasteiger partial charge in [0.15, 0.2) is 26.5 Å². The number of ether oxygens (including phenoxy) is 3. The minimum Gasteiger partial charge on any atom is -0.407 e. The molecule has 3 aromatic rings. The number of aromatic nitrogens is 4. The van der Waals surface area contributed by atoms with Crippen LogP contribution in [0.25, 0.3) is 22.4 Å². The predicted octanol–water partition coefficient (Wildman–Crippen LogP) is 7.67. The molecule has 0 aliphatic carbocycles. The van der Waals surface area contributed by atoms with Crippen LogP contribution in [0.15, 0.2) is 36.9 Å². The first kappa shape index (κ1) is 33.8. The molecular weight excluding hydrogens is 617 g/mol. The molecule has 3 fully saturated rings. The van der Waals surface area contributed by atoms with E-state index in [-0.39, 0.29) is 39.7 Å². The first-order valence-electron chi connectivity index (χ1n) is 16.6. The molecule has 46 heavy (non-hydrogen) atoms. The Morgan fingerprint density at radius 2 is 1.63 bits per heavy atom. The van der Waals surface area contributed by atoms with Crippen LogP contribution in [0.2, 0.25) is 28.2 Å². The van der Waals surface area contributed by atoms with Gasteiger partial charge >= 0.3 is 8.56 Å². The highest BCUT2D eigenvalue weighted by Gasteiger charge is 2.66. The van der Waals surface area contributed by atoms with Crippen LogP contribution in [0, 0.1) is 0 Å². The molecule has 4 atom stereocenters. The molecule has 0 bridgehead atoms. The standard InChI is InChI=1S/C34H52N4O6Si2/c1-32(2,3)45(10,11)43-28-27-24(19-41-46(44-27,33(4,5)6)34(7,8)9)42-30(28)38-21-37-26-25(35-20-36-29(26)38)22-14-12-15-23(18-22)31-39-16-13-17-40-31/h12,14-15,18,20-21,24,27-28,30-31H,13,16-17,19H2,1-11H3/t24-,27-,28-,30-/m1/s1. The highest BCUT2D eigenvalue weighted by atomic mass is 28.4. The van der Waals surface area contributed by atoms with E-state index in [1.807, 2.05) is 29.1 Å². The molecule has 3 aliphatic rings. The van der Waals surface area contributed by atoms with Crippen molar-refractivity contribution >= 4 is 28.0 Å². The summed E-state index contributed by atoms with van der Waals surface area (Å²) in [6.07, 6.45) is 2.48. The zero-order chi connectivity index (χ0) is 33.3. The van der Waals surface area contributed by atoms with Crippen molar-refractivity contribution in [1.29, 1.82) is 0 Å². The number of benzene rings is 1. The van der Waals surface area contributed by atoms with Gasteiger partial charge in [0.1, 0.15) is 35.8 Å². The first-order chi connectivity index (χ1) is 21.4. The summed E-state index contributed by atoms with van der Waals surface area (Å²) < 4.78 is 42.0. The molecule has 0 N–H and O–H groups in total. The maximum atomic E-state index is 7.30. The van der Waals surface area contributed by atoms with Crippen molar-refractivity contribution in [2.45, 2.75) is 128 Å². The van der Waals surface area contributed by atoms with Gasteiger partial charge in [-0.3, -0.25) is 4.57 Å². The van der Waals surface area contributed by atoms with Crippen LogP contribution in [0.1, 0.15) is 86.8 Å². The summed E-state index contributed by atoms with van der Waals surface area (Å²) in [4.78, 5) is 14.3. The summed E-state index contributed by atoms with van der Waals surface area (Å²) in [6.45, 7) is 26.6. The number of rotatable bonds is 5. The number of imidazole rings is 1. The molecule has 2 aromatic heterocycles. The topological polar surface area (TPSA) is 99.0 Å². The van der Waals surface area contributed by atoms with E-state index >= 15 is 0 Å². The highest BCUT2D eigenvalue weighted by Crippen LogP contribution is 2.56. The number of nitrogens with zero attached hydrogens (tertiary/aromatic N) is 4. The second-order valence-electron chi connectivity index (χ2n) is 16.5. The fourth-order valence-electron chi connectivity index (χ4n) is 6.95. The third-order valence-electron chi connectivity index (χ3n) is 10.1. The Morgan fingerprint density at radius 3 is 2.28 bits per heavy atom. The van der Waals surface area contributed by atoms with E-state index < -0.39 is 23.1 Å². The third-order valence-corrected chi connectivity index (χ3v) is 19.7. The molecule has 0 amide bonds. The van der Waals surface area contributed by atoms with Crippen LogP contribution in [0.5, 0.6) is 0 Å². The molecule has 0 spiro atoms. The van der Waals surface area contributed by atoms with Crippen LogP contribution < -0.4 is 0 Å². The fraction of sp³-hybridized carbons (Fsp3) is 0.676. The smallest absolute Gasteiger partial charge is 0.349 e. The SMILES string of the molecule is CC(C)(C)[Si](C)(C)O[C@@H]1[C@@H]2O[Si](C(C)(C)C)(C(C)(C)C)OC[C@H]2O[C@H]1n1cnc2c(-c3cccc(C4OCCCO4)c3)ncnc21. The lowest BCUT2D eigenvalue weighted by Crippen LogP contribution is -2.66. The molecule has 0 saturated carbocycles. The van der Waals surface area contributed by atoms with Crippen molar-refractivity contribution in [3.05, 3.63) is 42.5 Å². The second-order valence-corrected chi connectivity index (χ2v) is 26.0. The fourth-order valence-corrected chi connectivity index (χ4v) is 13.2. The van der Waals surface area contributed by atoms with E-state index in [1.54, 1.807) is 6.33 Å². The minimum absolute atomic E-state index is 0.00744. The average molecular weight is 669 g/mol. The second kappa shape index (κ2) is 11.8. The Labute approximate surface area is 275 Å². The molecule has 10 nitrogen and oxygen atoms in total. The van der Waals surface area contributed by atoms with E-state index in [2.05, 4.69) is 86.5 Å². The quantitative estimate of drug-likeness (QED) is 0.254. The van der Waals surface area contributed by atoms with Crippen LogP contribution in [-0.4, -0.2) is 74.5 Å². The lowest BCUT2D eigenvalue weighted by atomic mass is 10.1. The molecule has 3 saturated heterocycles. The van der Waals surface area contributed by atoms with Gasteiger partial charge in [0.05, 0.1) is 26.1 Å². The van der Waals surface area contributed by atoms with Gasteiger partial charge in [-0.25, -0.2) is 15.0 Å². The molecular formula is C34H52N4O6Si2. The zero-order valence-corrected chi connectivity index (χ0v) is 31.4. The Balaban J connectivity index is 1.41. The van der Waals surface area contributed by atoms with Crippen LogP contribution >= 0.6 is 0 Å². The van der Waals surface area contributed by atoms with Gasteiger partial charge in [0.2, 0.25) is 0 Å². The van der Waals surface area contributed by atoms with Crippen molar-refractivity contribution in [3.8, 4) is 11.3 Å². The molecule has 5 heterocycles. The monoisotopic (exact) mass is 668 g/mol. The molecule has 6 rings (SSSR count). The number of fused-ring (bicyclic) bond motifs is 2. The summed E-state index contributed by atoms with van der Waals surface area (Å²) in [7, 11) is -5.06. The van der Waals surface area contributed by atoms with Crippen LogP contribution in [0.3, 0.4) is 0 Å². The van der Waals surface area contributed by atoms with Crippen molar-refractivity contribution in [2.75, 3.05) is 19.8 Å². The number of hydrogen-bond donors (Lipinski definition) is 0. The minimum atomic E-state index is -2.79. The van der Waals surface area contributed by atoms with Crippen molar-refractivity contribution in [1.82, 2.24) is 19.5 Å². The van der Waals surface area contributed by atoms with Crippen LogP contribution in [0.4, 0.5) is 0 Å². The van der Waals surface area contributed by atoms with Gasteiger partial charge in [-0.15, -0.1) is 0 Å². The van der Waals surface area contributed by atoms with Gasteiger partial charge in [-0.1, -0.05) is 80.5 Å². The lowest BCUT2D eigenvalue weighted by Gasteiger charge is -2.54. The Kier molecular flexibility index (Phi) is 8.71. The molecule has 1 aromatic carbocycles. The van der Waals surface area contributed by atoms with Crippen molar-refractivity contribution < 1.29 is 27.5 Å². The van der Waals surface area contributed by atoms with Crippen molar-refractivity contribution in [3.63, 3.8) is 0 Å². The summed E-state index contributed by atoms with van der Waals surface area (Å²) in [5.74, 6) is 0. The summed E-state index contributed by atoms with van der Waals surface area (Å²) in [5, 5.41) is -0.337. The maximum absolute atomic E-state index is 7.30. The molecule has 252 valence electrons. The van der Waals surface area contributed by atoms with Gasteiger partial charge in [-0.05, 0) is 30.6 Å². The average Bonchev–Trinajstić information content (AvgIpc) is 3.56. The largest absolute Gasteiger partial charge is 0.407 e. The summed E-state index contributed by atoms with van der Waals surface area (Å²) >= 11 is 0. The maximum Gasteiger partial charge on any atom is 0.349 e. The molecule has 3 aliphatic heterocycles. The van der Waals surface area contributed by atoms with E-state index in [4.69, 9.17) is 37.5 Å². The van der Waals surface area contributed by atoms with Crippen LogP contribution in [-0.2, 0) is 27.5 Å². The highest BCUT2D eigenvalue weighted by molar-refractivity contribution is 6.74. The summed E-state index contributed by atoms with van der Waals surface area (Å²) in [5.41, 5.74) is 4.00. The normalized spacial score (nSPS) is 26.4. The Bertz CT molecular complexity index is 1540. The van der Waals surface area contributed by atoms with Gasteiger partial charge < -0.3 is 27.5 Å². The van der Waals surface area contributed by atoms with Gasteiger partial charge in [0, 0.05) is 21.2 Å². The predicted molar refractivity (Wildman–Crippen MR) is 182 cm³/mol. The third kappa shape index (κ3) is 5.82. The van der Waals surface area contributed by atoms with E-state index in [0.717, 1.165) is 23.2 Å². The van der Waals surface area contributed by atoms with E-state index in [9.17, 15) is 0 Å². The summed E-state index contributed by atoms with van der Waals surface area (Å²) in [6, 6.07) is 8.12. The molecule has 0 unspecified atom stereocenters. The van der Waals surface area contributed by atoms with E-state index in [0.29, 0.717) is 31.0 Å². The Morgan fingerprint density at radius 1 is 0.935 bits per heavy atom. The first-order valence-corrected chi connectivity index (χ1v) is 21.3. The van der Waals surface area contributed by atoms with Crippen molar-refractivity contribution in [2.24, 2.45) is 0 Å². The van der Waals surface area contributed by atoms with Gasteiger partial charge in [-0.2, -0.15) is 0 Å². The van der Waals surface area contributed by atoms with Gasteiger partial charge in [0.25, 0.3) is 0 Å². The lowest BCUT2D eigenvalue weighted by molar-refractivity contribution is -0.183.